The number of pyridine rings is 1. The van der Waals surface area contributed by atoms with Gasteiger partial charge in [-0.05, 0) is 11.1 Å². The maximum atomic E-state index is 12.1. The van der Waals surface area contributed by atoms with Crippen molar-refractivity contribution >= 4 is 23.5 Å². The minimum absolute atomic E-state index is 0.0190. The van der Waals surface area contributed by atoms with Crippen LogP contribution in [0.1, 0.15) is 16.7 Å². The molecule has 0 bridgehead atoms. The number of esters is 1. The number of nitriles is 2. The van der Waals surface area contributed by atoms with E-state index in [1.165, 1.54) is 0 Å². The number of rotatable bonds is 6. The fourth-order valence-corrected chi connectivity index (χ4v) is 3.50. The van der Waals surface area contributed by atoms with E-state index in [9.17, 15) is 15.3 Å². The number of nitrogens with two attached hydrogens (primary N) is 1. The van der Waals surface area contributed by atoms with Gasteiger partial charge in [-0.15, -0.1) is 0 Å². The molecule has 1 heterocycles. The number of anilines is 1. The molecule has 142 valence electrons. The van der Waals surface area contributed by atoms with Crippen molar-refractivity contribution in [1.82, 2.24) is 4.98 Å². The first-order valence-electron chi connectivity index (χ1n) is 8.65. The molecule has 0 radical (unpaired) electrons. The lowest BCUT2D eigenvalue weighted by Crippen LogP contribution is -2.09. The molecular formula is C22H16N4O2S. The lowest BCUT2D eigenvalue weighted by atomic mass is 9.97. The zero-order chi connectivity index (χ0) is 20.6. The number of aromatic nitrogens is 1. The zero-order valence-corrected chi connectivity index (χ0v) is 16.1. The van der Waals surface area contributed by atoms with Crippen LogP contribution in [-0.4, -0.2) is 16.7 Å². The number of ether oxygens (including phenoxy) is 1. The summed E-state index contributed by atoms with van der Waals surface area (Å²) in [6.45, 7) is 0.170. The third kappa shape index (κ3) is 4.73. The van der Waals surface area contributed by atoms with Crippen molar-refractivity contribution in [3.05, 3.63) is 77.4 Å². The Labute approximate surface area is 172 Å². The Morgan fingerprint density at radius 3 is 2.24 bits per heavy atom. The van der Waals surface area contributed by atoms with Crippen LogP contribution in [0.4, 0.5) is 5.82 Å². The van der Waals surface area contributed by atoms with Crippen LogP contribution in [0.5, 0.6) is 0 Å². The van der Waals surface area contributed by atoms with E-state index < -0.39 is 5.97 Å². The van der Waals surface area contributed by atoms with Crippen molar-refractivity contribution in [2.45, 2.75) is 11.6 Å². The first-order chi connectivity index (χ1) is 14.1. The second kappa shape index (κ2) is 9.41. The second-order valence-electron chi connectivity index (χ2n) is 5.95. The van der Waals surface area contributed by atoms with Gasteiger partial charge >= 0.3 is 5.97 Å². The number of carbonyl (C=O) groups is 1. The quantitative estimate of drug-likeness (QED) is 0.493. The van der Waals surface area contributed by atoms with E-state index in [-0.39, 0.29) is 29.3 Å². The number of hydrogen-bond donors (Lipinski definition) is 1. The molecule has 0 aliphatic carbocycles. The summed E-state index contributed by atoms with van der Waals surface area (Å²) in [5, 5.41) is 19.5. The van der Waals surface area contributed by atoms with Gasteiger partial charge in [-0.25, -0.2) is 4.98 Å². The highest BCUT2D eigenvalue weighted by Crippen LogP contribution is 2.35. The highest BCUT2D eigenvalue weighted by molar-refractivity contribution is 7.99. The van der Waals surface area contributed by atoms with Crippen molar-refractivity contribution in [2.24, 2.45) is 0 Å². The molecule has 0 aliphatic heterocycles. The summed E-state index contributed by atoms with van der Waals surface area (Å²) in [7, 11) is 0. The molecule has 2 aromatic carbocycles. The Morgan fingerprint density at radius 1 is 1.00 bits per heavy atom. The second-order valence-corrected chi connectivity index (χ2v) is 6.92. The Hall–Kier alpha value is -3.81. The number of nitrogen functional groups attached to an aromatic ring is 1. The zero-order valence-electron chi connectivity index (χ0n) is 15.3. The molecule has 0 fully saturated rings. The first-order valence-corrected chi connectivity index (χ1v) is 9.64. The van der Waals surface area contributed by atoms with Crippen LogP contribution < -0.4 is 5.73 Å². The Morgan fingerprint density at radius 2 is 1.62 bits per heavy atom. The van der Waals surface area contributed by atoms with Gasteiger partial charge in [0.05, 0.1) is 11.3 Å². The number of thioether (sulfide) groups is 1. The van der Waals surface area contributed by atoms with Crippen molar-refractivity contribution in [1.29, 1.82) is 10.5 Å². The standard InChI is InChI=1S/C22H16N4O2S/c23-11-17-20(16-9-5-2-6-10-16)18(12-24)22(26-21(17)25)29-14-19(27)28-13-15-7-3-1-4-8-15/h1-10H,13-14H2,(H2,25,26). The van der Waals surface area contributed by atoms with Crippen LogP contribution in [0.25, 0.3) is 11.1 Å². The molecule has 0 amide bonds. The van der Waals surface area contributed by atoms with Crippen molar-refractivity contribution < 1.29 is 9.53 Å². The number of hydrogen-bond acceptors (Lipinski definition) is 7. The summed E-state index contributed by atoms with van der Waals surface area (Å²) >= 11 is 1.06. The van der Waals surface area contributed by atoms with E-state index in [1.54, 1.807) is 12.1 Å². The first kappa shape index (κ1) is 19.9. The van der Waals surface area contributed by atoms with Gasteiger partial charge < -0.3 is 10.5 Å². The number of benzene rings is 2. The number of nitrogens with zero attached hydrogens (tertiary/aromatic N) is 3. The van der Waals surface area contributed by atoms with Gasteiger partial charge in [0.1, 0.15) is 35.2 Å². The van der Waals surface area contributed by atoms with E-state index in [2.05, 4.69) is 11.1 Å². The maximum Gasteiger partial charge on any atom is 0.316 e. The highest BCUT2D eigenvalue weighted by atomic mass is 32.2. The van der Waals surface area contributed by atoms with E-state index >= 15 is 0 Å². The van der Waals surface area contributed by atoms with E-state index in [0.29, 0.717) is 16.2 Å². The smallest absolute Gasteiger partial charge is 0.316 e. The van der Waals surface area contributed by atoms with Gasteiger partial charge in [0.25, 0.3) is 0 Å². The normalized spacial score (nSPS) is 10.0. The lowest BCUT2D eigenvalue weighted by molar-refractivity contribution is -0.141. The molecule has 7 heteroatoms. The molecule has 0 spiro atoms. The molecule has 0 unspecified atom stereocenters. The van der Waals surface area contributed by atoms with Crippen LogP contribution in [0, 0.1) is 22.7 Å². The van der Waals surface area contributed by atoms with Crippen LogP contribution in [-0.2, 0) is 16.1 Å². The maximum absolute atomic E-state index is 12.1. The van der Waals surface area contributed by atoms with Gasteiger partial charge in [0, 0.05) is 5.56 Å². The molecule has 0 saturated carbocycles. The lowest BCUT2D eigenvalue weighted by Gasteiger charge is -2.12. The predicted octanol–water partition coefficient (Wildman–Crippen LogP) is 3.91. The third-order valence-electron chi connectivity index (χ3n) is 4.05. The average molecular weight is 400 g/mol. The van der Waals surface area contributed by atoms with Gasteiger partial charge in [0.2, 0.25) is 0 Å². The van der Waals surface area contributed by atoms with Crippen LogP contribution in [0.3, 0.4) is 0 Å². The average Bonchev–Trinajstić information content (AvgIpc) is 2.77. The molecule has 0 aliphatic rings. The Bertz CT molecular complexity index is 1100. The fraction of sp³-hybridized carbons (Fsp3) is 0.0909. The monoisotopic (exact) mass is 400 g/mol. The predicted molar refractivity (Wildman–Crippen MR) is 110 cm³/mol. The fourth-order valence-electron chi connectivity index (χ4n) is 2.70. The Kier molecular flexibility index (Phi) is 6.47. The van der Waals surface area contributed by atoms with Gasteiger partial charge in [0.15, 0.2) is 0 Å². The molecule has 1 aromatic heterocycles. The molecule has 3 rings (SSSR count). The van der Waals surface area contributed by atoms with Crippen molar-refractivity contribution in [3.63, 3.8) is 0 Å². The minimum atomic E-state index is -0.436. The summed E-state index contributed by atoms with van der Waals surface area (Å²) < 4.78 is 5.26. The summed E-state index contributed by atoms with van der Waals surface area (Å²) in [4.78, 5) is 16.3. The largest absolute Gasteiger partial charge is 0.460 e. The van der Waals surface area contributed by atoms with E-state index in [1.807, 2.05) is 54.6 Å². The van der Waals surface area contributed by atoms with Gasteiger partial charge in [-0.1, -0.05) is 72.4 Å². The SMILES string of the molecule is N#Cc1c(N)nc(SCC(=O)OCc2ccccc2)c(C#N)c1-c1ccccc1. The molecule has 29 heavy (non-hydrogen) atoms. The summed E-state index contributed by atoms with van der Waals surface area (Å²) in [6.07, 6.45) is 0. The van der Waals surface area contributed by atoms with Crippen LogP contribution in [0.2, 0.25) is 0 Å². The summed E-state index contributed by atoms with van der Waals surface area (Å²) in [6, 6.07) is 22.5. The molecular weight excluding hydrogens is 384 g/mol. The molecule has 6 nitrogen and oxygen atoms in total. The van der Waals surface area contributed by atoms with Gasteiger partial charge in [-0.2, -0.15) is 10.5 Å². The Balaban J connectivity index is 1.83. The van der Waals surface area contributed by atoms with Gasteiger partial charge in [-0.3, -0.25) is 4.79 Å². The van der Waals surface area contributed by atoms with E-state index in [4.69, 9.17) is 10.5 Å². The summed E-state index contributed by atoms with van der Waals surface area (Å²) in [5.74, 6) is -0.451. The summed E-state index contributed by atoms with van der Waals surface area (Å²) in [5.41, 5.74) is 8.30. The molecule has 0 saturated heterocycles. The minimum Gasteiger partial charge on any atom is -0.460 e. The van der Waals surface area contributed by atoms with Crippen LogP contribution >= 0.6 is 11.8 Å². The molecule has 2 N–H and O–H groups in total. The third-order valence-corrected chi connectivity index (χ3v) is 5.00. The number of carbonyl (C=O) groups excluding carboxylic acids is 1. The van der Waals surface area contributed by atoms with Crippen LogP contribution in [0.15, 0.2) is 65.7 Å². The highest BCUT2D eigenvalue weighted by Gasteiger charge is 2.21. The van der Waals surface area contributed by atoms with Crippen molar-refractivity contribution in [3.8, 4) is 23.3 Å². The topological polar surface area (TPSA) is 113 Å². The molecule has 3 aromatic rings. The van der Waals surface area contributed by atoms with E-state index in [0.717, 1.165) is 17.3 Å². The molecule has 0 atom stereocenters. The van der Waals surface area contributed by atoms with Crippen molar-refractivity contribution in [2.75, 3.05) is 11.5 Å².